The SMILES string of the molecule is CC1(c2cc(-c3ccccc3)nc(-n3c4ccccc4c4cc5c6ccccc6n(-c6ccccc6)c5cc43)n2)C=CC=CC1. The molecule has 0 saturated carbocycles. The first-order chi connectivity index (χ1) is 22.2. The molecule has 4 nitrogen and oxygen atoms in total. The maximum absolute atomic E-state index is 5.36. The molecule has 0 bridgehead atoms. The van der Waals surface area contributed by atoms with E-state index in [2.05, 4.69) is 162 Å². The van der Waals surface area contributed by atoms with Crippen molar-refractivity contribution in [1.29, 1.82) is 0 Å². The molecule has 0 aliphatic heterocycles. The lowest BCUT2D eigenvalue weighted by Gasteiger charge is -2.27. The Morgan fingerprint density at radius 2 is 1.18 bits per heavy atom. The number of aromatic nitrogens is 4. The predicted octanol–water partition coefficient (Wildman–Crippen LogP) is 10.1. The summed E-state index contributed by atoms with van der Waals surface area (Å²) in [7, 11) is 0. The van der Waals surface area contributed by atoms with Crippen LogP contribution < -0.4 is 0 Å². The molecule has 1 aliphatic carbocycles. The third kappa shape index (κ3) is 3.99. The van der Waals surface area contributed by atoms with Gasteiger partial charge < -0.3 is 4.57 Å². The van der Waals surface area contributed by atoms with Gasteiger partial charge in [-0.2, -0.15) is 0 Å². The van der Waals surface area contributed by atoms with Gasteiger partial charge in [-0.25, -0.2) is 9.97 Å². The summed E-state index contributed by atoms with van der Waals surface area (Å²) in [5.74, 6) is 0.684. The van der Waals surface area contributed by atoms with Gasteiger partial charge in [0.15, 0.2) is 0 Å². The van der Waals surface area contributed by atoms with Crippen molar-refractivity contribution in [2.24, 2.45) is 0 Å². The highest BCUT2D eigenvalue weighted by atomic mass is 15.2. The number of para-hydroxylation sites is 3. The van der Waals surface area contributed by atoms with Crippen molar-refractivity contribution in [3.05, 3.63) is 157 Å². The van der Waals surface area contributed by atoms with E-state index >= 15 is 0 Å². The van der Waals surface area contributed by atoms with Gasteiger partial charge in [0, 0.05) is 38.2 Å². The van der Waals surface area contributed by atoms with E-state index in [4.69, 9.17) is 9.97 Å². The van der Waals surface area contributed by atoms with Crippen molar-refractivity contribution in [2.75, 3.05) is 0 Å². The van der Waals surface area contributed by atoms with Crippen LogP contribution in [0.5, 0.6) is 0 Å². The summed E-state index contributed by atoms with van der Waals surface area (Å²) in [4.78, 5) is 10.6. The van der Waals surface area contributed by atoms with E-state index in [1.54, 1.807) is 0 Å². The fourth-order valence-electron chi connectivity index (χ4n) is 7.00. The van der Waals surface area contributed by atoms with Crippen molar-refractivity contribution in [3.8, 4) is 22.9 Å². The normalized spacial score (nSPS) is 16.4. The summed E-state index contributed by atoms with van der Waals surface area (Å²) in [5, 5.41) is 4.85. The zero-order chi connectivity index (χ0) is 30.0. The third-order valence-electron chi connectivity index (χ3n) is 9.30. The van der Waals surface area contributed by atoms with Crippen LogP contribution in [-0.2, 0) is 5.41 Å². The smallest absolute Gasteiger partial charge is 0.235 e. The summed E-state index contributed by atoms with van der Waals surface area (Å²) in [6.07, 6.45) is 9.63. The van der Waals surface area contributed by atoms with Crippen LogP contribution in [0.4, 0.5) is 0 Å². The van der Waals surface area contributed by atoms with Gasteiger partial charge in [-0.15, -0.1) is 0 Å². The maximum atomic E-state index is 5.36. The van der Waals surface area contributed by atoms with E-state index in [1.807, 2.05) is 6.07 Å². The minimum Gasteiger partial charge on any atom is -0.309 e. The lowest BCUT2D eigenvalue weighted by Crippen LogP contribution is -2.22. The molecule has 3 aromatic heterocycles. The molecular weight excluding hydrogens is 548 g/mol. The van der Waals surface area contributed by atoms with Gasteiger partial charge in [0.1, 0.15) is 0 Å². The lowest BCUT2D eigenvalue weighted by molar-refractivity contribution is 0.576. The van der Waals surface area contributed by atoms with E-state index in [0.717, 1.165) is 45.6 Å². The van der Waals surface area contributed by atoms with Crippen LogP contribution in [0.3, 0.4) is 0 Å². The van der Waals surface area contributed by atoms with Crippen LogP contribution in [0.2, 0.25) is 0 Å². The molecule has 8 aromatic rings. The first kappa shape index (κ1) is 25.7. The first-order valence-corrected chi connectivity index (χ1v) is 15.5. The second kappa shape index (κ2) is 9.90. The molecule has 1 aliphatic rings. The van der Waals surface area contributed by atoms with Crippen molar-refractivity contribution in [2.45, 2.75) is 18.8 Å². The molecule has 0 spiro atoms. The number of allylic oxidation sites excluding steroid dienone is 4. The van der Waals surface area contributed by atoms with Crippen LogP contribution in [0.1, 0.15) is 19.0 Å². The Bertz CT molecular complexity index is 2460. The molecule has 4 heteroatoms. The van der Waals surface area contributed by atoms with Gasteiger partial charge in [-0.05, 0) is 48.9 Å². The first-order valence-electron chi connectivity index (χ1n) is 15.5. The lowest BCUT2D eigenvalue weighted by atomic mass is 9.80. The molecule has 214 valence electrons. The minimum atomic E-state index is -0.234. The predicted molar refractivity (Wildman–Crippen MR) is 186 cm³/mol. The third-order valence-corrected chi connectivity index (χ3v) is 9.30. The van der Waals surface area contributed by atoms with E-state index < -0.39 is 0 Å². The topological polar surface area (TPSA) is 35.6 Å². The summed E-state index contributed by atoms with van der Waals surface area (Å²) < 4.78 is 4.64. The molecule has 9 rings (SSSR count). The van der Waals surface area contributed by atoms with Crippen molar-refractivity contribution in [1.82, 2.24) is 19.1 Å². The second-order valence-corrected chi connectivity index (χ2v) is 12.1. The zero-order valence-corrected chi connectivity index (χ0v) is 24.9. The van der Waals surface area contributed by atoms with E-state index in [1.165, 1.54) is 27.1 Å². The quantitative estimate of drug-likeness (QED) is 0.208. The van der Waals surface area contributed by atoms with Gasteiger partial charge in [0.05, 0.1) is 33.5 Å². The Balaban J connectivity index is 1.40. The summed E-state index contributed by atoms with van der Waals surface area (Å²) in [6, 6.07) is 45.3. The molecule has 1 atom stereocenters. The fraction of sp³-hybridized carbons (Fsp3) is 0.0732. The largest absolute Gasteiger partial charge is 0.309 e. The average Bonchev–Trinajstić information content (AvgIpc) is 3.60. The second-order valence-electron chi connectivity index (χ2n) is 12.1. The number of hydrogen-bond acceptors (Lipinski definition) is 2. The Kier molecular flexibility index (Phi) is 5.66. The maximum Gasteiger partial charge on any atom is 0.235 e. The van der Waals surface area contributed by atoms with Crippen LogP contribution >= 0.6 is 0 Å². The van der Waals surface area contributed by atoms with E-state index in [-0.39, 0.29) is 5.41 Å². The van der Waals surface area contributed by atoms with Crippen molar-refractivity contribution < 1.29 is 0 Å². The monoisotopic (exact) mass is 578 g/mol. The minimum absolute atomic E-state index is 0.234. The van der Waals surface area contributed by atoms with Gasteiger partial charge in [0.2, 0.25) is 5.95 Å². The molecule has 3 heterocycles. The summed E-state index contributed by atoms with van der Waals surface area (Å²) >= 11 is 0. The van der Waals surface area contributed by atoms with Gasteiger partial charge in [-0.1, -0.05) is 116 Å². The average molecular weight is 579 g/mol. The molecule has 0 amide bonds. The van der Waals surface area contributed by atoms with E-state index in [9.17, 15) is 0 Å². The van der Waals surface area contributed by atoms with Gasteiger partial charge in [-0.3, -0.25) is 4.57 Å². The Morgan fingerprint density at radius 3 is 1.87 bits per heavy atom. The van der Waals surface area contributed by atoms with Crippen LogP contribution in [0, 0.1) is 0 Å². The molecule has 0 saturated heterocycles. The molecule has 5 aromatic carbocycles. The molecule has 1 unspecified atom stereocenters. The van der Waals surface area contributed by atoms with Gasteiger partial charge >= 0.3 is 0 Å². The van der Waals surface area contributed by atoms with E-state index in [0.29, 0.717) is 5.95 Å². The number of benzene rings is 5. The Morgan fingerprint density at radius 1 is 0.556 bits per heavy atom. The molecule has 0 fully saturated rings. The van der Waals surface area contributed by atoms with Crippen LogP contribution in [0.25, 0.3) is 66.5 Å². The highest BCUT2D eigenvalue weighted by Crippen LogP contribution is 2.40. The molecule has 0 N–H and O–H groups in total. The molecule has 0 radical (unpaired) electrons. The number of hydrogen-bond donors (Lipinski definition) is 0. The Labute approximate surface area is 261 Å². The van der Waals surface area contributed by atoms with Crippen molar-refractivity contribution >= 4 is 43.6 Å². The summed E-state index contributed by atoms with van der Waals surface area (Å²) in [6.45, 7) is 2.27. The highest BCUT2D eigenvalue weighted by Gasteiger charge is 2.28. The van der Waals surface area contributed by atoms with Gasteiger partial charge in [0.25, 0.3) is 0 Å². The Hall–Kier alpha value is -5.74. The number of nitrogens with zero attached hydrogens (tertiary/aromatic N) is 4. The van der Waals surface area contributed by atoms with Crippen LogP contribution in [-0.4, -0.2) is 19.1 Å². The summed E-state index contributed by atoms with van der Waals surface area (Å²) in [5.41, 5.74) is 8.45. The highest BCUT2D eigenvalue weighted by molar-refractivity contribution is 6.19. The zero-order valence-electron chi connectivity index (χ0n) is 24.9. The van der Waals surface area contributed by atoms with Crippen LogP contribution in [0.15, 0.2) is 152 Å². The molecule has 45 heavy (non-hydrogen) atoms. The fourth-order valence-corrected chi connectivity index (χ4v) is 7.00. The standard InChI is InChI=1S/C41H30N4/c1-41(23-13-4-14-24-41)39-26-34(28-15-5-2-6-16-28)42-40(43-39)45-36-22-12-10-20-31(36)33-25-32-30-19-9-11-21-35(30)44(37(32)27-38(33)45)29-17-7-3-8-18-29/h2-23,25-27H,24H2,1H3. The number of rotatable bonds is 4. The molecular formula is C41H30N4. The number of fused-ring (bicyclic) bond motifs is 6. The van der Waals surface area contributed by atoms with Crippen molar-refractivity contribution in [3.63, 3.8) is 0 Å².